The van der Waals surface area contributed by atoms with Crippen LogP contribution < -0.4 is 9.64 Å². The van der Waals surface area contributed by atoms with E-state index < -0.39 is 6.23 Å². The Hall–Kier alpha value is -3.08. The van der Waals surface area contributed by atoms with E-state index in [4.69, 9.17) is 4.74 Å². The Labute approximate surface area is 204 Å². The molecule has 0 aliphatic carbocycles. The molecule has 0 saturated heterocycles. The lowest BCUT2D eigenvalue weighted by atomic mass is 9.99. The second-order valence-electron chi connectivity index (χ2n) is 8.71. The van der Waals surface area contributed by atoms with Gasteiger partial charge in [0.15, 0.2) is 0 Å². The van der Waals surface area contributed by atoms with E-state index in [-0.39, 0.29) is 12.1 Å². The Kier molecular flexibility index (Phi) is 8.40. The molecule has 178 valence electrons. The second kappa shape index (κ2) is 11.9. The average molecular weight is 457 g/mol. The number of aliphatic hydroxyl groups is 1. The van der Waals surface area contributed by atoms with E-state index in [2.05, 4.69) is 90.4 Å². The number of likely N-dealkylation sites (N-methyl/N-ethyl adjacent to an activating group) is 1. The molecule has 4 heteroatoms. The van der Waals surface area contributed by atoms with Crippen LogP contribution >= 0.6 is 0 Å². The van der Waals surface area contributed by atoms with Gasteiger partial charge >= 0.3 is 0 Å². The number of fused-ring (bicyclic) bond motifs is 1. The summed E-state index contributed by atoms with van der Waals surface area (Å²) in [4.78, 5) is 4.55. The predicted molar refractivity (Wildman–Crippen MR) is 141 cm³/mol. The van der Waals surface area contributed by atoms with E-state index in [1.165, 1.54) is 5.56 Å². The van der Waals surface area contributed by atoms with Gasteiger partial charge in [-0.05, 0) is 49.2 Å². The van der Waals surface area contributed by atoms with Crippen LogP contribution in [0.4, 0.5) is 5.69 Å². The number of hydrogen-bond donors (Lipinski definition) is 1. The molecule has 0 saturated carbocycles. The Balaban J connectivity index is 1.61. The average Bonchev–Trinajstić information content (AvgIpc) is 2.90. The van der Waals surface area contributed by atoms with Gasteiger partial charge in [0.25, 0.3) is 0 Å². The van der Waals surface area contributed by atoms with Crippen molar-refractivity contribution in [2.75, 3.05) is 24.6 Å². The highest BCUT2D eigenvalue weighted by Gasteiger charge is 2.37. The highest BCUT2D eigenvalue weighted by molar-refractivity contribution is 5.62. The van der Waals surface area contributed by atoms with Crippen molar-refractivity contribution in [2.24, 2.45) is 0 Å². The standard InChI is InChI=1S/C30H36N2O2/c1-3-31(4-2)27(21-12-11-17-24-15-7-5-8-16-24)30(33)32-26-20-13-14-22-29(26)34-23-28(32)25-18-9-6-10-19-25/h5-11,13-20,22,27-28,30,33H,3-4,12,21,23H2,1-2H3. The summed E-state index contributed by atoms with van der Waals surface area (Å²) in [7, 11) is 0. The van der Waals surface area contributed by atoms with Gasteiger partial charge in [-0.3, -0.25) is 4.90 Å². The molecule has 1 N–H and O–H groups in total. The van der Waals surface area contributed by atoms with Crippen LogP contribution in [0.5, 0.6) is 5.75 Å². The number of aliphatic hydroxyl groups excluding tert-OH is 1. The van der Waals surface area contributed by atoms with Crippen LogP contribution in [-0.2, 0) is 0 Å². The Bertz CT molecular complexity index is 1030. The summed E-state index contributed by atoms with van der Waals surface area (Å²) in [6.07, 6.45) is 5.49. The SMILES string of the molecule is CCN(CC)C(CCC=Cc1ccccc1)C(O)N1c2ccccc2OCC1c1ccccc1. The second-order valence-corrected chi connectivity index (χ2v) is 8.71. The molecule has 3 aromatic rings. The van der Waals surface area contributed by atoms with Crippen molar-refractivity contribution in [1.29, 1.82) is 0 Å². The summed E-state index contributed by atoms with van der Waals surface area (Å²) in [6, 6.07) is 28.7. The first-order chi connectivity index (χ1) is 16.7. The van der Waals surface area contributed by atoms with Crippen molar-refractivity contribution in [1.82, 2.24) is 4.90 Å². The van der Waals surface area contributed by atoms with Gasteiger partial charge in [-0.2, -0.15) is 0 Å². The zero-order valence-electron chi connectivity index (χ0n) is 20.3. The summed E-state index contributed by atoms with van der Waals surface area (Å²) in [5, 5.41) is 12.0. The maximum atomic E-state index is 12.0. The van der Waals surface area contributed by atoms with Gasteiger partial charge in [0.1, 0.15) is 18.6 Å². The highest BCUT2D eigenvalue weighted by Crippen LogP contribution is 2.41. The Morgan fingerprint density at radius 2 is 1.59 bits per heavy atom. The summed E-state index contributed by atoms with van der Waals surface area (Å²) < 4.78 is 6.13. The zero-order valence-corrected chi connectivity index (χ0v) is 20.3. The normalized spacial score (nSPS) is 17.4. The maximum Gasteiger partial charge on any atom is 0.143 e. The Morgan fingerprint density at radius 1 is 0.941 bits per heavy atom. The minimum atomic E-state index is -0.666. The predicted octanol–water partition coefficient (Wildman–Crippen LogP) is 6.15. The van der Waals surface area contributed by atoms with Gasteiger partial charge in [0, 0.05) is 0 Å². The van der Waals surface area contributed by atoms with Crippen LogP contribution in [0.15, 0.2) is 91.0 Å². The van der Waals surface area contributed by atoms with Gasteiger partial charge in [0.2, 0.25) is 0 Å². The number of ether oxygens (including phenoxy) is 1. The molecule has 0 aromatic heterocycles. The van der Waals surface area contributed by atoms with E-state index in [1.54, 1.807) is 0 Å². The van der Waals surface area contributed by atoms with Crippen molar-refractivity contribution in [3.05, 3.63) is 102 Å². The molecule has 4 rings (SSSR count). The Morgan fingerprint density at radius 3 is 2.29 bits per heavy atom. The van der Waals surface area contributed by atoms with Crippen molar-refractivity contribution >= 4 is 11.8 Å². The lowest BCUT2D eigenvalue weighted by Gasteiger charge is -2.46. The van der Waals surface area contributed by atoms with Crippen LogP contribution in [0.25, 0.3) is 6.08 Å². The number of nitrogens with zero attached hydrogens (tertiary/aromatic N) is 2. The van der Waals surface area contributed by atoms with E-state index in [0.29, 0.717) is 6.61 Å². The molecule has 3 atom stereocenters. The molecule has 3 unspecified atom stereocenters. The van der Waals surface area contributed by atoms with Crippen LogP contribution in [0.3, 0.4) is 0 Å². The molecule has 0 amide bonds. The molecular weight excluding hydrogens is 420 g/mol. The lowest BCUT2D eigenvalue weighted by Crippen LogP contribution is -2.55. The third-order valence-corrected chi connectivity index (χ3v) is 6.71. The summed E-state index contributed by atoms with van der Waals surface area (Å²) >= 11 is 0. The summed E-state index contributed by atoms with van der Waals surface area (Å²) in [5.74, 6) is 0.830. The summed E-state index contributed by atoms with van der Waals surface area (Å²) in [5.41, 5.74) is 3.30. The fourth-order valence-electron chi connectivity index (χ4n) is 4.92. The number of benzene rings is 3. The first-order valence-electron chi connectivity index (χ1n) is 12.4. The maximum absolute atomic E-state index is 12.0. The minimum absolute atomic E-state index is 0.00667. The molecule has 34 heavy (non-hydrogen) atoms. The van der Waals surface area contributed by atoms with Crippen LogP contribution in [0.1, 0.15) is 43.9 Å². The van der Waals surface area contributed by atoms with E-state index in [0.717, 1.165) is 42.9 Å². The number of rotatable bonds is 10. The van der Waals surface area contributed by atoms with Gasteiger partial charge in [-0.1, -0.05) is 98.8 Å². The number of para-hydroxylation sites is 2. The fraction of sp³-hybridized carbons (Fsp3) is 0.333. The first-order valence-corrected chi connectivity index (χ1v) is 12.4. The molecule has 0 spiro atoms. The van der Waals surface area contributed by atoms with E-state index in [1.807, 2.05) is 30.3 Å². The molecule has 1 heterocycles. The molecule has 0 radical (unpaired) electrons. The monoisotopic (exact) mass is 456 g/mol. The largest absolute Gasteiger partial charge is 0.489 e. The van der Waals surface area contributed by atoms with Crippen molar-refractivity contribution in [2.45, 2.75) is 45.0 Å². The molecule has 0 bridgehead atoms. The third kappa shape index (κ3) is 5.52. The van der Waals surface area contributed by atoms with Crippen molar-refractivity contribution < 1.29 is 9.84 Å². The zero-order chi connectivity index (χ0) is 23.8. The molecule has 1 aliphatic heterocycles. The molecule has 4 nitrogen and oxygen atoms in total. The molecular formula is C30H36N2O2. The van der Waals surface area contributed by atoms with Crippen LogP contribution in [0, 0.1) is 0 Å². The summed E-state index contributed by atoms with van der Waals surface area (Å²) in [6.45, 7) is 6.64. The molecule has 0 fully saturated rings. The topological polar surface area (TPSA) is 35.9 Å². The van der Waals surface area contributed by atoms with Crippen LogP contribution in [0.2, 0.25) is 0 Å². The molecule has 3 aromatic carbocycles. The van der Waals surface area contributed by atoms with Gasteiger partial charge in [0.05, 0.1) is 17.8 Å². The quantitative estimate of drug-likeness (QED) is 0.397. The molecule has 1 aliphatic rings. The van der Waals surface area contributed by atoms with Gasteiger partial charge in [-0.15, -0.1) is 0 Å². The lowest BCUT2D eigenvalue weighted by molar-refractivity contribution is 0.0344. The number of allylic oxidation sites excluding steroid dienone is 1. The van der Waals surface area contributed by atoms with Gasteiger partial charge in [-0.25, -0.2) is 0 Å². The highest BCUT2D eigenvalue weighted by atomic mass is 16.5. The minimum Gasteiger partial charge on any atom is -0.489 e. The number of anilines is 1. The van der Waals surface area contributed by atoms with Crippen molar-refractivity contribution in [3.8, 4) is 5.75 Å². The van der Waals surface area contributed by atoms with E-state index in [9.17, 15) is 5.11 Å². The van der Waals surface area contributed by atoms with E-state index >= 15 is 0 Å². The first kappa shape index (κ1) is 24.1. The number of hydrogen-bond acceptors (Lipinski definition) is 4. The third-order valence-electron chi connectivity index (χ3n) is 6.71. The van der Waals surface area contributed by atoms with Gasteiger partial charge < -0.3 is 14.7 Å². The smallest absolute Gasteiger partial charge is 0.143 e. The fourth-order valence-corrected chi connectivity index (χ4v) is 4.92. The van der Waals surface area contributed by atoms with Crippen LogP contribution in [-0.4, -0.2) is 42.0 Å². The van der Waals surface area contributed by atoms with Crippen molar-refractivity contribution in [3.63, 3.8) is 0 Å².